The molecule has 0 spiro atoms. The summed E-state index contributed by atoms with van der Waals surface area (Å²) in [4.78, 5) is 11.4. The fourth-order valence-electron chi connectivity index (χ4n) is 1.10. The highest BCUT2D eigenvalue weighted by molar-refractivity contribution is 9.09. The lowest BCUT2D eigenvalue weighted by atomic mass is 10.1. The maximum Gasteiger partial charge on any atom is 0.173 e. The first-order valence-electron chi connectivity index (χ1n) is 4.95. The average molecular weight is 271 g/mol. The van der Waals surface area contributed by atoms with Crippen molar-refractivity contribution in [2.75, 3.05) is 11.9 Å². The Morgan fingerprint density at radius 1 is 1.47 bits per heavy atom. The molecule has 1 aromatic rings. The lowest BCUT2D eigenvalue weighted by molar-refractivity contribution is 0.102. The fourth-order valence-corrected chi connectivity index (χ4v) is 1.42. The number of Topliss-reactive ketones (excluding diaryl/α,β-unsaturated/α-hetero) is 1. The van der Waals surface area contributed by atoms with Crippen LogP contribution in [0.5, 0.6) is 5.75 Å². The van der Waals surface area contributed by atoms with Crippen molar-refractivity contribution in [1.29, 1.82) is 0 Å². The molecule has 15 heavy (non-hydrogen) atoms. The molecule has 0 atom stereocenters. The predicted octanol–water partition coefficient (Wildman–Crippen LogP) is 3.30. The molecule has 1 rings (SSSR count). The topological polar surface area (TPSA) is 26.3 Å². The number of benzene rings is 1. The van der Waals surface area contributed by atoms with E-state index in [1.54, 1.807) is 12.1 Å². The Bertz CT molecular complexity index is 334. The molecule has 0 aliphatic carbocycles. The molecule has 0 unspecified atom stereocenters. The highest BCUT2D eigenvalue weighted by Gasteiger charge is 2.05. The Labute approximate surface area is 98.8 Å². The second-order valence-corrected chi connectivity index (χ2v) is 4.35. The van der Waals surface area contributed by atoms with E-state index in [-0.39, 0.29) is 5.78 Å². The van der Waals surface area contributed by atoms with Crippen molar-refractivity contribution in [3.8, 4) is 5.75 Å². The molecular formula is C12H15BrO2. The van der Waals surface area contributed by atoms with Crippen LogP contribution < -0.4 is 4.74 Å². The van der Waals surface area contributed by atoms with E-state index in [0.717, 1.165) is 5.75 Å². The van der Waals surface area contributed by atoms with Crippen LogP contribution in [0.1, 0.15) is 24.2 Å². The van der Waals surface area contributed by atoms with Crippen molar-refractivity contribution in [2.45, 2.75) is 13.8 Å². The Morgan fingerprint density at radius 2 is 2.20 bits per heavy atom. The molecule has 0 aromatic heterocycles. The minimum Gasteiger partial charge on any atom is -0.493 e. The number of ketones is 1. The number of hydrogen-bond donors (Lipinski definition) is 0. The first kappa shape index (κ1) is 12.2. The quantitative estimate of drug-likeness (QED) is 0.606. The zero-order valence-electron chi connectivity index (χ0n) is 9.00. The van der Waals surface area contributed by atoms with Crippen LogP contribution >= 0.6 is 15.9 Å². The number of carbonyl (C=O) groups is 1. The monoisotopic (exact) mass is 270 g/mol. The summed E-state index contributed by atoms with van der Waals surface area (Å²) in [6, 6.07) is 7.29. The molecule has 0 heterocycles. The fraction of sp³-hybridized carbons (Fsp3) is 0.417. The van der Waals surface area contributed by atoms with Gasteiger partial charge in [-0.1, -0.05) is 41.9 Å². The average Bonchev–Trinajstić information content (AvgIpc) is 2.25. The van der Waals surface area contributed by atoms with E-state index < -0.39 is 0 Å². The molecule has 3 heteroatoms. The van der Waals surface area contributed by atoms with E-state index in [4.69, 9.17) is 4.74 Å². The van der Waals surface area contributed by atoms with Crippen molar-refractivity contribution in [1.82, 2.24) is 0 Å². The number of hydrogen-bond acceptors (Lipinski definition) is 2. The van der Waals surface area contributed by atoms with Crippen LogP contribution in [-0.2, 0) is 0 Å². The highest BCUT2D eigenvalue weighted by Crippen LogP contribution is 2.15. The van der Waals surface area contributed by atoms with E-state index in [9.17, 15) is 4.79 Å². The summed E-state index contributed by atoms with van der Waals surface area (Å²) in [5, 5.41) is 0.348. The molecule has 0 saturated heterocycles. The van der Waals surface area contributed by atoms with Gasteiger partial charge in [0.25, 0.3) is 0 Å². The normalized spacial score (nSPS) is 10.4. The lowest BCUT2D eigenvalue weighted by Crippen LogP contribution is -2.05. The molecule has 0 bridgehead atoms. The molecule has 0 aliphatic rings. The molecule has 0 aliphatic heterocycles. The highest BCUT2D eigenvalue weighted by atomic mass is 79.9. The van der Waals surface area contributed by atoms with Gasteiger partial charge in [0.2, 0.25) is 0 Å². The van der Waals surface area contributed by atoms with E-state index in [1.165, 1.54) is 0 Å². The van der Waals surface area contributed by atoms with E-state index >= 15 is 0 Å². The van der Waals surface area contributed by atoms with Crippen LogP contribution in [0.25, 0.3) is 0 Å². The van der Waals surface area contributed by atoms with Crippen LogP contribution in [0.15, 0.2) is 24.3 Å². The van der Waals surface area contributed by atoms with Crippen molar-refractivity contribution in [2.24, 2.45) is 5.92 Å². The first-order chi connectivity index (χ1) is 7.13. The molecule has 0 fully saturated rings. The van der Waals surface area contributed by atoms with Crippen molar-refractivity contribution >= 4 is 21.7 Å². The molecule has 2 nitrogen and oxygen atoms in total. The first-order valence-corrected chi connectivity index (χ1v) is 6.07. The van der Waals surface area contributed by atoms with E-state index in [0.29, 0.717) is 23.4 Å². The number of alkyl halides is 1. The standard InChI is InChI=1S/C12H15BrO2/c1-9(2)8-15-11-5-3-4-10(6-11)12(14)7-13/h3-6,9H,7-8H2,1-2H3. The van der Waals surface area contributed by atoms with Gasteiger partial charge < -0.3 is 4.74 Å². The third-order valence-electron chi connectivity index (χ3n) is 1.86. The zero-order chi connectivity index (χ0) is 11.3. The Balaban J connectivity index is 2.70. The van der Waals surface area contributed by atoms with Crippen LogP contribution in [0.2, 0.25) is 0 Å². The molecule has 1 aromatic carbocycles. The Kier molecular flexibility index (Phi) is 4.82. The molecule has 0 N–H and O–H groups in total. The number of carbonyl (C=O) groups excluding carboxylic acids is 1. The third-order valence-corrected chi connectivity index (χ3v) is 2.37. The SMILES string of the molecule is CC(C)COc1cccc(C(=O)CBr)c1. The van der Waals surface area contributed by atoms with Gasteiger partial charge in [0.05, 0.1) is 11.9 Å². The molecular weight excluding hydrogens is 256 g/mol. The van der Waals surface area contributed by atoms with Crippen molar-refractivity contribution < 1.29 is 9.53 Å². The summed E-state index contributed by atoms with van der Waals surface area (Å²) < 4.78 is 5.54. The molecule has 0 saturated carbocycles. The summed E-state index contributed by atoms with van der Waals surface area (Å²) >= 11 is 3.15. The smallest absolute Gasteiger partial charge is 0.173 e. The second-order valence-electron chi connectivity index (χ2n) is 3.79. The lowest BCUT2D eigenvalue weighted by Gasteiger charge is -2.09. The number of halogens is 1. The second kappa shape index (κ2) is 5.91. The summed E-state index contributed by atoms with van der Waals surface area (Å²) in [5.74, 6) is 1.32. The Morgan fingerprint density at radius 3 is 2.80 bits per heavy atom. The summed E-state index contributed by atoms with van der Waals surface area (Å²) in [6.07, 6.45) is 0. The number of rotatable bonds is 5. The third kappa shape index (κ3) is 4.04. The maximum absolute atomic E-state index is 11.4. The summed E-state index contributed by atoms with van der Waals surface area (Å²) in [7, 11) is 0. The van der Waals surface area contributed by atoms with Crippen LogP contribution in [-0.4, -0.2) is 17.7 Å². The van der Waals surface area contributed by atoms with Gasteiger partial charge in [0.1, 0.15) is 5.75 Å². The van der Waals surface area contributed by atoms with Gasteiger partial charge in [-0.15, -0.1) is 0 Å². The molecule has 82 valence electrons. The minimum absolute atomic E-state index is 0.0741. The largest absolute Gasteiger partial charge is 0.493 e. The van der Waals surface area contributed by atoms with E-state index in [1.807, 2.05) is 12.1 Å². The van der Waals surface area contributed by atoms with Crippen LogP contribution in [0, 0.1) is 5.92 Å². The maximum atomic E-state index is 11.4. The van der Waals surface area contributed by atoms with Gasteiger partial charge in [-0.3, -0.25) is 4.79 Å². The van der Waals surface area contributed by atoms with Gasteiger partial charge in [-0.05, 0) is 18.1 Å². The number of ether oxygens (including phenoxy) is 1. The van der Waals surface area contributed by atoms with Crippen molar-refractivity contribution in [3.05, 3.63) is 29.8 Å². The van der Waals surface area contributed by atoms with Gasteiger partial charge in [0.15, 0.2) is 5.78 Å². The van der Waals surface area contributed by atoms with Gasteiger partial charge in [-0.25, -0.2) is 0 Å². The van der Waals surface area contributed by atoms with Gasteiger partial charge in [-0.2, -0.15) is 0 Å². The van der Waals surface area contributed by atoms with Crippen molar-refractivity contribution in [3.63, 3.8) is 0 Å². The van der Waals surface area contributed by atoms with Gasteiger partial charge in [0, 0.05) is 5.56 Å². The molecule has 0 amide bonds. The minimum atomic E-state index is 0.0741. The Hall–Kier alpha value is -0.830. The summed E-state index contributed by atoms with van der Waals surface area (Å²) in [6.45, 7) is 4.85. The van der Waals surface area contributed by atoms with E-state index in [2.05, 4.69) is 29.8 Å². The van der Waals surface area contributed by atoms with Crippen LogP contribution in [0.4, 0.5) is 0 Å². The molecule has 0 radical (unpaired) electrons. The zero-order valence-corrected chi connectivity index (χ0v) is 10.6. The predicted molar refractivity (Wildman–Crippen MR) is 64.9 cm³/mol. The summed E-state index contributed by atoms with van der Waals surface area (Å²) in [5.41, 5.74) is 0.688. The van der Waals surface area contributed by atoms with Gasteiger partial charge >= 0.3 is 0 Å². The van der Waals surface area contributed by atoms with Crippen LogP contribution in [0.3, 0.4) is 0 Å².